The van der Waals surface area contributed by atoms with E-state index in [1.807, 2.05) is 33.7 Å². The van der Waals surface area contributed by atoms with Gasteiger partial charge in [-0.25, -0.2) is 4.98 Å². The SMILES string of the molecule is CN1C(=O)[C@H]2COC[C@@H]1CN(C(=O)CCn1cnc3ccccc31)C2. The summed E-state index contributed by atoms with van der Waals surface area (Å²) in [6, 6.07) is 7.84. The molecule has 0 N–H and O–H groups in total. The number of benzene rings is 1. The van der Waals surface area contributed by atoms with Gasteiger partial charge in [0.2, 0.25) is 11.8 Å². The predicted molar refractivity (Wildman–Crippen MR) is 91.8 cm³/mol. The standard InChI is InChI=1S/C18H22N4O3/c1-20-14-9-22(8-13(18(20)24)10-25-11-14)17(23)6-7-21-12-19-15-4-2-3-5-16(15)21/h2-5,12-14H,6-11H2,1H3/t13-,14+/m1/s1. The average Bonchev–Trinajstić information content (AvgIpc) is 2.91. The number of likely N-dealkylation sites (N-methyl/N-ethyl adjacent to an activating group) is 1. The number of rotatable bonds is 3. The average molecular weight is 342 g/mol. The van der Waals surface area contributed by atoms with Crippen LogP contribution in [0.3, 0.4) is 0 Å². The molecule has 0 aliphatic carbocycles. The van der Waals surface area contributed by atoms with E-state index < -0.39 is 0 Å². The Morgan fingerprint density at radius 3 is 3.00 bits per heavy atom. The second kappa shape index (κ2) is 6.48. The summed E-state index contributed by atoms with van der Waals surface area (Å²) in [5.41, 5.74) is 1.97. The van der Waals surface area contributed by atoms with E-state index in [1.54, 1.807) is 18.3 Å². The van der Waals surface area contributed by atoms with Gasteiger partial charge >= 0.3 is 0 Å². The van der Waals surface area contributed by atoms with Crippen LogP contribution in [0, 0.1) is 5.92 Å². The lowest BCUT2D eigenvalue weighted by Gasteiger charge is -2.29. The third-order valence-corrected chi connectivity index (χ3v) is 5.19. The number of amides is 2. The Bertz CT molecular complexity index is 802. The summed E-state index contributed by atoms with van der Waals surface area (Å²) in [6.45, 7) is 2.47. The van der Waals surface area contributed by atoms with Crippen molar-refractivity contribution in [1.29, 1.82) is 0 Å². The van der Waals surface area contributed by atoms with Crippen molar-refractivity contribution >= 4 is 22.8 Å². The van der Waals surface area contributed by atoms with E-state index in [-0.39, 0.29) is 23.8 Å². The number of para-hydroxylation sites is 2. The van der Waals surface area contributed by atoms with Gasteiger partial charge in [-0.2, -0.15) is 0 Å². The maximum absolute atomic E-state index is 12.7. The molecule has 0 saturated carbocycles. The van der Waals surface area contributed by atoms with Crippen molar-refractivity contribution in [2.75, 3.05) is 33.4 Å². The van der Waals surface area contributed by atoms with Gasteiger partial charge in [0.25, 0.3) is 0 Å². The van der Waals surface area contributed by atoms with Crippen LogP contribution in [0.25, 0.3) is 11.0 Å². The molecule has 0 unspecified atom stereocenters. The molecular weight excluding hydrogens is 320 g/mol. The minimum Gasteiger partial charge on any atom is -0.378 e. The van der Waals surface area contributed by atoms with Gasteiger partial charge in [-0.05, 0) is 12.1 Å². The van der Waals surface area contributed by atoms with Gasteiger partial charge in [0.15, 0.2) is 0 Å². The van der Waals surface area contributed by atoms with Crippen LogP contribution in [0.1, 0.15) is 6.42 Å². The van der Waals surface area contributed by atoms with Crippen LogP contribution in [0.5, 0.6) is 0 Å². The molecule has 25 heavy (non-hydrogen) atoms. The highest BCUT2D eigenvalue weighted by Crippen LogP contribution is 2.20. The Labute approximate surface area is 146 Å². The van der Waals surface area contributed by atoms with Crippen molar-refractivity contribution in [3.8, 4) is 0 Å². The monoisotopic (exact) mass is 342 g/mol. The molecule has 2 aromatic rings. The highest BCUT2D eigenvalue weighted by molar-refractivity contribution is 5.82. The highest BCUT2D eigenvalue weighted by atomic mass is 16.5. The number of carbonyl (C=O) groups is 2. The maximum atomic E-state index is 12.7. The zero-order valence-electron chi connectivity index (χ0n) is 14.3. The lowest BCUT2D eigenvalue weighted by molar-refractivity contribution is -0.134. The Morgan fingerprint density at radius 1 is 1.28 bits per heavy atom. The molecule has 2 saturated heterocycles. The van der Waals surface area contributed by atoms with Crippen LogP contribution >= 0.6 is 0 Å². The summed E-state index contributed by atoms with van der Waals surface area (Å²) in [5.74, 6) is -0.0910. The molecule has 132 valence electrons. The van der Waals surface area contributed by atoms with Gasteiger partial charge in [-0.15, -0.1) is 0 Å². The number of ether oxygens (including phenoxy) is 1. The molecule has 7 heteroatoms. The first-order valence-corrected chi connectivity index (χ1v) is 8.65. The third kappa shape index (κ3) is 3.00. The number of aryl methyl sites for hydroxylation is 1. The van der Waals surface area contributed by atoms with Crippen molar-refractivity contribution in [2.24, 2.45) is 5.92 Å². The van der Waals surface area contributed by atoms with E-state index in [1.165, 1.54) is 0 Å². The summed E-state index contributed by atoms with van der Waals surface area (Å²) < 4.78 is 7.59. The lowest BCUT2D eigenvalue weighted by Crippen LogP contribution is -2.45. The molecule has 2 bridgehead atoms. The molecule has 2 atom stereocenters. The second-order valence-corrected chi connectivity index (χ2v) is 6.81. The van der Waals surface area contributed by atoms with Gasteiger partial charge in [0.1, 0.15) is 0 Å². The van der Waals surface area contributed by atoms with Crippen molar-refractivity contribution in [2.45, 2.75) is 19.0 Å². The summed E-state index contributed by atoms with van der Waals surface area (Å²) in [7, 11) is 1.81. The van der Waals surface area contributed by atoms with Gasteiger partial charge in [-0.1, -0.05) is 12.1 Å². The molecular formula is C18H22N4O3. The minimum atomic E-state index is -0.254. The first-order valence-electron chi connectivity index (χ1n) is 8.65. The van der Waals surface area contributed by atoms with Crippen molar-refractivity contribution in [3.63, 3.8) is 0 Å². The van der Waals surface area contributed by atoms with Crippen LogP contribution in [0.2, 0.25) is 0 Å². The van der Waals surface area contributed by atoms with Gasteiger partial charge in [0, 0.05) is 33.1 Å². The van der Waals surface area contributed by atoms with Crippen LogP contribution in [0.4, 0.5) is 0 Å². The van der Waals surface area contributed by atoms with Crippen molar-refractivity contribution in [1.82, 2.24) is 19.4 Å². The molecule has 0 radical (unpaired) electrons. The van der Waals surface area contributed by atoms with Gasteiger partial charge < -0.3 is 19.1 Å². The summed E-state index contributed by atoms with van der Waals surface area (Å²) >= 11 is 0. The van der Waals surface area contributed by atoms with E-state index in [4.69, 9.17) is 4.74 Å². The van der Waals surface area contributed by atoms with Crippen LogP contribution in [-0.4, -0.2) is 70.6 Å². The maximum Gasteiger partial charge on any atom is 0.229 e. The Balaban J connectivity index is 1.45. The Hall–Kier alpha value is -2.41. The molecule has 1 aromatic carbocycles. The van der Waals surface area contributed by atoms with E-state index in [0.717, 1.165) is 11.0 Å². The van der Waals surface area contributed by atoms with E-state index in [0.29, 0.717) is 39.3 Å². The van der Waals surface area contributed by atoms with Crippen LogP contribution in [0.15, 0.2) is 30.6 Å². The molecule has 3 heterocycles. The van der Waals surface area contributed by atoms with Crippen LogP contribution in [-0.2, 0) is 20.9 Å². The summed E-state index contributed by atoms with van der Waals surface area (Å²) in [6.07, 6.45) is 2.18. The minimum absolute atomic E-state index is 0.0574. The molecule has 2 amide bonds. The molecule has 2 fully saturated rings. The quantitative estimate of drug-likeness (QED) is 0.825. The number of fused-ring (bicyclic) bond motifs is 4. The molecule has 7 nitrogen and oxygen atoms in total. The fraction of sp³-hybridized carbons (Fsp3) is 0.500. The fourth-order valence-corrected chi connectivity index (χ4v) is 3.66. The van der Waals surface area contributed by atoms with E-state index in [2.05, 4.69) is 4.98 Å². The first-order chi connectivity index (χ1) is 12.1. The van der Waals surface area contributed by atoms with E-state index >= 15 is 0 Å². The molecule has 1 aromatic heterocycles. The zero-order chi connectivity index (χ0) is 17.4. The van der Waals surface area contributed by atoms with Gasteiger partial charge in [0.05, 0.1) is 42.5 Å². The normalized spacial score (nSPS) is 23.8. The Kier molecular flexibility index (Phi) is 4.17. The summed E-state index contributed by atoms with van der Waals surface area (Å²) in [4.78, 5) is 33.1. The first kappa shape index (κ1) is 16.1. The smallest absolute Gasteiger partial charge is 0.229 e. The number of nitrogens with zero attached hydrogens (tertiary/aromatic N) is 4. The Morgan fingerprint density at radius 2 is 2.12 bits per heavy atom. The molecule has 2 aliphatic heterocycles. The van der Waals surface area contributed by atoms with Crippen molar-refractivity contribution in [3.05, 3.63) is 30.6 Å². The number of imidazole rings is 1. The molecule has 4 rings (SSSR count). The number of carbonyl (C=O) groups excluding carboxylic acids is 2. The van der Waals surface area contributed by atoms with Gasteiger partial charge in [-0.3, -0.25) is 9.59 Å². The van der Waals surface area contributed by atoms with Crippen LogP contribution < -0.4 is 0 Å². The zero-order valence-corrected chi connectivity index (χ0v) is 14.3. The lowest BCUT2D eigenvalue weighted by atomic mass is 10.1. The largest absolute Gasteiger partial charge is 0.378 e. The topological polar surface area (TPSA) is 67.7 Å². The highest BCUT2D eigenvalue weighted by Gasteiger charge is 2.38. The van der Waals surface area contributed by atoms with Crippen molar-refractivity contribution < 1.29 is 14.3 Å². The second-order valence-electron chi connectivity index (χ2n) is 6.81. The molecule has 2 aliphatic rings. The summed E-state index contributed by atoms with van der Waals surface area (Å²) in [5, 5.41) is 0. The third-order valence-electron chi connectivity index (χ3n) is 5.19. The molecule has 0 spiro atoms. The number of aromatic nitrogens is 2. The van der Waals surface area contributed by atoms with E-state index in [9.17, 15) is 9.59 Å². The fourth-order valence-electron chi connectivity index (χ4n) is 3.66. The predicted octanol–water partition coefficient (Wildman–Crippen LogP) is 0.742. The number of hydrogen-bond acceptors (Lipinski definition) is 4. The number of hydrogen-bond donors (Lipinski definition) is 0.